The summed E-state index contributed by atoms with van der Waals surface area (Å²) in [6.07, 6.45) is 2.14. The van der Waals surface area contributed by atoms with Crippen LogP contribution in [-0.4, -0.2) is 37.2 Å². The number of hydrogen-bond acceptors (Lipinski definition) is 5. The van der Waals surface area contributed by atoms with E-state index >= 15 is 0 Å². The molecule has 0 fully saturated rings. The maximum Gasteiger partial charge on any atom is 0.293 e. The number of thiocarbonyl (C=S) groups is 1. The first-order valence-corrected chi connectivity index (χ1v) is 8.04. The van der Waals surface area contributed by atoms with Crippen LogP contribution in [0.2, 0.25) is 0 Å². The molecule has 0 unspecified atom stereocenters. The van der Waals surface area contributed by atoms with Gasteiger partial charge in [0, 0.05) is 31.5 Å². The number of rotatable bonds is 7. The lowest BCUT2D eigenvalue weighted by Crippen LogP contribution is -2.34. The second kappa shape index (κ2) is 9.55. The number of hydrogen-bond donors (Lipinski definition) is 3. The number of nitrogens with one attached hydrogen (secondary N) is 3. The summed E-state index contributed by atoms with van der Waals surface area (Å²) in [5.74, 6) is -0.479. The van der Waals surface area contributed by atoms with Crippen molar-refractivity contribution < 1.29 is 18.7 Å². The Balaban J connectivity index is 1.88. The molecule has 0 aliphatic rings. The average Bonchev–Trinajstić information content (AvgIpc) is 3.13. The summed E-state index contributed by atoms with van der Waals surface area (Å²) < 4.78 is 9.92. The van der Waals surface area contributed by atoms with Crippen LogP contribution in [0.5, 0.6) is 0 Å². The van der Waals surface area contributed by atoms with Crippen molar-refractivity contribution in [1.29, 1.82) is 0 Å². The van der Waals surface area contributed by atoms with E-state index in [-0.39, 0.29) is 16.8 Å². The van der Waals surface area contributed by atoms with Crippen molar-refractivity contribution >= 4 is 34.8 Å². The molecule has 0 radical (unpaired) electrons. The molecule has 25 heavy (non-hydrogen) atoms. The Morgan fingerprint density at radius 3 is 2.76 bits per heavy atom. The Hall–Kier alpha value is -2.71. The number of amides is 2. The van der Waals surface area contributed by atoms with Gasteiger partial charge in [-0.2, -0.15) is 0 Å². The first-order valence-electron chi connectivity index (χ1n) is 7.63. The fourth-order valence-electron chi connectivity index (χ4n) is 1.99. The molecule has 2 amide bonds. The summed E-state index contributed by atoms with van der Waals surface area (Å²) >= 11 is 5.10. The molecule has 2 aromatic rings. The van der Waals surface area contributed by atoms with E-state index in [0.29, 0.717) is 24.4 Å². The van der Waals surface area contributed by atoms with E-state index in [1.807, 2.05) is 0 Å². The molecule has 0 aliphatic carbocycles. The van der Waals surface area contributed by atoms with E-state index in [1.54, 1.807) is 37.4 Å². The van der Waals surface area contributed by atoms with Crippen LogP contribution in [0.25, 0.3) is 0 Å². The molecule has 0 saturated heterocycles. The maximum atomic E-state index is 12.1. The highest BCUT2D eigenvalue weighted by atomic mass is 32.1. The van der Waals surface area contributed by atoms with Crippen LogP contribution >= 0.6 is 12.2 Å². The van der Waals surface area contributed by atoms with Gasteiger partial charge in [-0.25, -0.2) is 0 Å². The Kier molecular flexibility index (Phi) is 7.12. The van der Waals surface area contributed by atoms with Gasteiger partial charge in [-0.3, -0.25) is 14.9 Å². The summed E-state index contributed by atoms with van der Waals surface area (Å²) in [4.78, 5) is 23.9. The van der Waals surface area contributed by atoms with Crippen LogP contribution in [0.1, 0.15) is 27.3 Å². The summed E-state index contributed by atoms with van der Waals surface area (Å²) in [6.45, 7) is 1.12. The van der Waals surface area contributed by atoms with Crippen LogP contribution in [0.3, 0.4) is 0 Å². The molecule has 0 spiro atoms. The SMILES string of the molecule is COCCCNC(=O)c1cccc(NC(=S)NC(=O)c2ccco2)c1. The maximum absolute atomic E-state index is 12.1. The van der Waals surface area contributed by atoms with E-state index in [0.717, 1.165) is 6.42 Å². The largest absolute Gasteiger partial charge is 0.459 e. The van der Waals surface area contributed by atoms with Gasteiger partial charge in [0.1, 0.15) is 0 Å². The number of benzene rings is 1. The minimum Gasteiger partial charge on any atom is -0.459 e. The van der Waals surface area contributed by atoms with Crippen LogP contribution in [0, 0.1) is 0 Å². The van der Waals surface area contributed by atoms with Crippen LogP contribution in [-0.2, 0) is 4.74 Å². The molecule has 1 aromatic carbocycles. The molecular weight excluding hydrogens is 342 g/mol. The minimum atomic E-state index is -0.449. The lowest BCUT2D eigenvalue weighted by atomic mass is 10.2. The smallest absolute Gasteiger partial charge is 0.293 e. The second-order valence-electron chi connectivity index (χ2n) is 5.07. The van der Waals surface area contributed by atoms with Crippen molar-refractivity contribution in [3.63, 3.8) is 0 Å². The zero-order valence-electron chi connectivity index (χ0n) is 13.7. The summed E-state index contributed by atoms with van der Waals surface area (Å²) in [5, 5.41) is 8.28. The van der Waals surface area contributed by atoms with E-state index in [1.165, 1.54) is 12.3 Å². The molecule has 1 heterocycles. The molecule has 3 N–H and O–H groups in total. The lowest BCUT2D eigenvalue weighted by Gasteiger charge is -2.10. The molecule has 0 bridgehead atoms. The molecule has 7 nitrogen and oxygen atoms in total. The van der Waals surface area contributed by atoms with Crippen LogP contribution in [0.4, 0.5) is 5.69 Å². The molecule has 0 saturated carbocycles. The molecule has 0 aliphatic heterocycles. The quantitative estimate of drug-likeness (QED) is 0.517. The monoisotopic (exact) mass is 361 g/mol. The second-order valence-corrected chi connectivity index (χ2v) is 5.48. The van der Waals surface area contributed by atoms with Gasteiger partial charge in [0.05, 0.1) is 6.26 Å². The standard InChI is InChI=1S/C17H19N3O4S/c1-23-9-4-8-18-15(21)12-5-2-6-13(11-12)19-17(25)20-16(22)14-7-3-10-24-14/h2-3,5-7,10-11H,4,8-9H2,1H3,(H,18,21)(H2,19,20,22,25). The highest BCUT2D eigenvalue weighted by molar-refractivity contribution is 7.80. The predicted molar refractivity (Wildman–Crippen MR) is 97.7 cm³/mol. The van der Waals surface area contributed by atoms with Crippen molar-refractivity contribution in [2.75, 3.05) is 25.6 Å². The highest BCUT2D eigenvalue weighted by Gasteiger charge is 2.11. The first-order chi connectivity index (χ1) is 12.1. The van der Waals surface area contributed by atoms with Crippen molar-refractivity contribution in [1.82, 2.24) is 10.6 Å². The van der Waals surface area contributed by atoms with Crippen molar-refractivity contribution in [3.8, 4) is 0 Å². The van der Waals surface area contributed by atoms with Gasteiger partial charge in [-0.05, 0) is 49.0 Å². The molecule has 2 rings (SSSR count). The van der Waals surface area contributed by atoms with E-state index < -0.39 is 5.91 Å². The zero-order valence-corrected chi connectivity index (χ0v) is 14.5. The summed E-state index contributed by atoms with van der Waals surface area (Å²) in [7, 11) is 1.62. The van der Waals surface area contributed by atoms with Crippen molar-refractivity contribution in [3.05, 3.63) is 54.0 Å². The van der Waals surface area contributed by atoms with Gasteiger partial charge >= 0.3 is 0 Å². The van der Waals surface area contributed by atoms with E-state index in [4.69, 9.17) is 21.4 Å². The van der Waals surface area contributed by atoms with Crippen molar-refractivity contribution in [2.24, 2.45) is 0 Å². The Bertz CT molecular complexity index is 731. The third-order valence-corrected chi connectivity index (χ3v) is 3.37. The Morgan fingerprint density at radius 1 is 1.20 bits per heavy atom. The topological polar surface area (TPSA) is 92.6 Å². The van der Waals surface area contributed by atoms with Crippen LogP contribution in [0.15, 0.2) is 47.1 Å². The van der Waals surface area contributed by atoms with E-state index in [2.05, 4.69) is 16.0 Å². The van der Waals surface area contributed by atoms with Gasteiger partial charge < -0.3 is 19.8 Å². The lowest BCUT2D eigenvalue weighted by molar-refractivity contribution is 0.0941. The van der Waals surface area contributed by atoms with Gasteiger partial charge in [-0.15, -0.1) is 0 Å². The number of carbonyl (C=O) groups excluding carboxylic acids is 2. The molecule has 8 heteroatoms. The summed E-state index contributed by atoms with van der Waals surface area (Å²) in [6, 6.07) is 9.96. The first kappa shape index (κ1) is 18.6. The number of anilines is 1. The van der Waals surface area contributed by atoms with Gasteiger partial charge in [0.25, 0.3) is 11.8 Å². The fourth-order valence-corrected chi connectivity index (χ4v) is 2.20. The number of furan rings is 1. The fraction of sp³-hybridized carbons (Fsp3) is 0.235. The van der Waals surface area contributed by atoms with Gasteiger partial charge in [-0.1, -0.05) is 6.07 Å². The Labute approximate surface area is 150 Å². The van der Waals surface area contributed by atoms with Gasteiger partial charge in [0.2, 0.25) is 0 Å². The average molecular weight is 361 g/mol. The molecule has 1 aromatic heterocycles. The predicted octanol–water partition coefficient (Wildman–Crippen LogP) is 2.17. The number of ether oxygens (including phenoxy) is 1. The Morgan fingerprint density at radius 2 is 2.04 bits per heavy atom. The van der Waals surface area contributed by atoms with Crippen LogP contribution < -0.4 is 16.0 Å². The third-order valence-electron chi connectivity index (χ3n) is 3.17. The van der Waals surface area contributed by atoms with Gasteiger partial charge in [0.15, 0.2) is 10.9 Å². The molecule has 132 valence electrons. The number of methoxy groups -OCH3 is 1. The molecule has 0 atom stereocenters. The normalized spacial score (nSPS) is 10.1. The summed E-state index contributed by atoms with van der Waals surface area (Å²) in [5.41, 5.74) is 1.08. The highest BCUT2D eigenvalue weighted by Crippen LogP contribution is 2.11. The zero-order chi connectivity index (χ0) is 18.1. The van der Waals surface area contributed by atoms with E-state index in [9.17, 15) is 9.59 Å². The number of carbonyl (C=O) groups is 2. The third kappa shape index (κ3) is 6.02. The minimum absolute atomic E-state index is 0.110. The molecular formula is C17H19N3O4S. The van der Waals surface area contributed by atoms with Crippen molar-refractivity contribution in [2.45, 2.75) is 6.42 Å².